The van der Waals surface area contributed by atoms with Gasteiger partial charge in [-0.15, -0.1) is 0 Å². The van der Waals surface area contributed by atoms with E-state index in [9.17, 15) is 9.59 Å². The highest BCUT2D eigenvalue weighted by molar-refractivity contribution is 9.10. The van der Waals surface area contributed by atoms with Crippen molar-refractivity contribution in [2.75, 3.05) is 0 Å². The van der Waals surface area contributed by atoms with Gasteiger partial charge >= 0.3 is 5.97 Å². The van der Waals surface area contributed by atoms with Gasteiger partial charge in [-0.3, -0.25) is 4.79 Å². The van der Waals surface area contributed by atoms with Crippen LogP contribution in [0.25, 0.3) is 0 Å². The number of halogens is 3. The van der Waals surface area contributed by atoms with Gasteiger partial charge in [-0.25, -0.2) is 10.2 Å². The quantitative estimate of drug-likeness (QED) is 0.0999. The SMILES string of the molecule is O=C(Oc1ccc(Br)cc1C=NNC(=O)c1ccccc1OCc1ccc(Cl)cc1)c1ccc(Cl)cc1. The number of carbonyl (C=O) groups excluding carboxylic acids is 2. The summed E-state index contributed by atoms with van der Waals surface area (Å²) >= 11 is 15.2. The Morgan fingerprint density at radius 2 is 1.54 bits per heavy atom. The molecule has 0 aliphatic rings. The first-order valence-electron chi connectivity index (χ1n) is 11.0. The highest BCUT2D eigenvalue weighted by Crippen LogP contribution is 2.24. The highest BCUT2D eigenvalue weighted by atomic mass is 79.9. The summed E-state index contributed by atoms with van der Waals surface area (Å²) in [4.78, 5) is 25.4. The number of carbonyl (C=O) groups is 2. The second-order valence-corrected chi connectivity index (χ2v) is 9.48. The monoisotopic (exact) mass is 596 g/mol. The second kappa shape index (κ2) is 12.5. The molecule has 4 aromatic carbocycles. The number of para-hydroxylation sites is 1. The topological polar surface area (TPSA) is 77.0 Å². The maximum absolute atomic E-state index is 12.8. The number of amides is 1. The number of benzene rings is 4. The minimum Gasteiger partial charge on any atom is -0.488 e. The summed E-state index contributed by atoms with van der Waals surface area (Å²) in [5, 5.41) is 5.20. The standard InChI is InChI=1S/C28H19BrCl2N2O4/c29-21-9-14-25(37-28(35)19-7-12-23(31)13-8-19)20(15-21)16-32-33-27(34)24-3-1-2-4-26(24)36-17-18-5-10-22(30)11-6-18/h1-16H,17H2,(H,33,34). The number of rotatable bonds is 8. The third-order valence-corrected chi connectivity index (χ3v) is 6.06. The Bertz CT molecular complexity index is 1440. The molecule has 1 amide bonds. The van der Waals surface area contributed by atoms with Gasteiger partial charge in [0.1, 0.15) is 18.1 Å². The molecule has 0 aliphatic carbocycles. The maximum Gasteiger partial charge on any atom is 0.343 e. The number of hydrazone groups is 1. The molecule has 4 aromatic rings. The van der Waals surface area contributed by atoms with Gasteiger partial charge in [0.25, 0.3) is 5.91 Å². The van der Waals surface area contributed by atoms with Crippen LogP contribution in [0.1, 0.15) is 31.8 Å². The molecule has 0 heterocycles. The van der Waals surface area contributed by atoms with E-state index < -0.39 is 11.9 Å². The van der Waals surface area contributed by atoms with Crippen LogP contribution >= 0.6 is 39.1 Å². The molecule has 0 radical (unpaired) electrons. The van der Waals surface area contributed by atoms with Gasteiger partial charge in [-0.05, 0) is 72.3 Å². The van der Waals surface area contributed by atoms with Crippen molar-refractivity contribution in [1.29, 1.82) is 0 Å². The summed E-state index contributed by atoms with van der Waals surface area (Å²) in [6.07, 6.45) is 1.39. The molecule has 0 aromatic heterocycles. The molecule has 0 fully saturated rings. The number of nitrogens with zero attached hydrogens (tertiary/aromatic N) is 1. The number of nitrogens with one attached hydrogen (secondary N) is 1. The van der Waals surface area contributed by atoms with Crippen molar-refractivity contribution in [2.45, 2.75) is 6.61 Å². The van der Waals surface area contributed by atoms with E-state index in [4.69, 9.17) is 32.7 Å². The van der Waals surface area contributed by atoms with Crippen LogP contribution in [-0.2, 0) is 6.61 Å². The first-order valence-corrected chi connectivity index (χ1v) is 12.5. The smallest absolute Gasteiger partial charge is 0.343 e. The molecule has 0 aliphatic heterocycles. The lowest BCUT2D eigenvalue weighted by Crippen LogP contribution is -2.19. The van der Waals surface area contributed by atoms with Crippen molar-refractivity contribution >= 4 is 57.2 Å². The summed E-state index contributed by atoms with van der Waals surface area (Å²) < 4.78 is 12.1. The van der Waals surface area contributed by atoms with Gasteiger partial charge in [0.2, 0.25) is 0 Å². The molecular weight excluding hydrogens is 579 g/mol. The van der Waals surface area contributed by atoms with Crippen LogP contribution in [0.5, 0.6) is 11.5 Å². The van der Waals surface area contributed by atoms with E-state index in [1.807, 2.05) is 12.1 Å². The highest BCUT2D eigenvalue weighted by Gasteiger charge is 2.14. The van der Waals surface area contributed by atoms with Crippen molar-refractivity contribution < 1.29 is 19.1 Å². The fraction of sp³-hybridized carbons (Fsp3) is 0.0357. The van der Waals surface area contributed by atoms with E-state index in [1.54, 1.807) is 78.9 Å². The minimum atomic E-state index is -0.551. The average molecular weight is 598 g/mol. The van der Waals surface area contributed by atoms with Gasteiger partial charge in [0.05, 0.1) is 17.3 Å². The Labute approximate surface area is 232 Å². The van der Waals surface area contributed by atoms with Crippen molar-refractivity contribution in [1.82, 2.24) is 5.43 Å². The molecule has 0 saturated heterocycles. The van der Waals surface area contributed by atoms with Crippen LogP contribution in [0, 0.1) is 0 Å². The second-order valence-electron chi connectivity index (χ2n) is 7.69. The van der Waals surface area contributed by atoms with Crippen LogP contribution in [0.3, 0.4) is 0 Å². The molecule has 6 nitrogen and oxygen atoms in total. The molecule has 4 rings (SSSR count). The van der Waals surface area contributed by atoms with Gasteiger partial charge in [-0.1, -0.05) is 63.4 Å². The van der Waals surface area contributed by atoms with E-state index in [2.05, 4.69) is 26.5 Å². The predicted octanol–water partition coefficient (Wildman–Crippen LogP) is 7.32. The summed E-state index contributed by atoms with van der Waals surface area (Å²) in [7, 11) is 0. The van der Waals surface area contributed by atoms with Crippen LogP contribution in [0.4, 0.5) is 0 Å². The van der Waals surface area contributed by atoms with E-state index in [-0.39, 0.29) is 12.4 Å². The molecular formula is C28H19BrCl2N2O4. The lowest BCUT2D eigenvalue weighted by atomic mass is 10.2. The third kappa shape index (κ3) is 7.43. The molecule has 186 valence electrons. The third-order valence-electron chi connectivity index (χ3n) is 5.06. The Hall–Kier alpha value is -3.65. The summed E-state index contributed by atoms with van der Waals surface area (Å²) in [5.41, 5.74) is 4.54. The van der Waals surface area contributed by atoms with Crippen LogP contribution in [0.2, 0.25) is 10.0 Å². The minimum absolute atomic E-state index is 0.269. The van der Waals surface area contributed by atoms with Gasteiger partial charge in [-0.2, -0.15) is 5.10 Å². The number of esters is 1. The average Bonchev–Trinajstić information content (AvgIpc) is 2.90. The van der Waals surface area contributed by atoms with Crippen molar-refractivity contribution in [3.63, 3.8) is 0 Å². The first kappa shape index (κ1) is 26.4. The number of hydrogen-bond donors (Lipinski definition) is 1. The zero-order valence-corrected chi connectivity index (χ0v) is 22.3. The molecule has 0 spiro atoms. The van der Waals surface area contributed by atoms with Gasteiger partial charge in [0.15, 0.2) is 0 Å². The molecule has 9 heteroatoms. The van der Waals surface area contributed by atoms with Gasteiger partial charge < -0.3 is 9.47 Å². The predicted molar refractivity (Wildman–Crippen MR) is 148 cm³/mol. The van der Waals surface area contributed by atoms with Crippen LogP contribution in [0.15, 0.2) is 101 Å². The summed E-state index contributed by atoms with van der Waals surface area (Å²) in [6, 6.07) is 25.5. The zero-order chi connectivity index (χ0) is 26.2. The summed E-state index contributed by atoms with van der Waals surface area (Å²) in [5.74, 6) is -0.333. The normalized spacial score (nSPS) is 10.8. The van der Waals surface area contributed by atoms with Crippen molar-refractivity contribution in [3.8, 4) is 11.5 Å². The number of hydrogen-bond acceptors (Lipinski definition) is 5. The molecule has 0 bridgehead atoms. The lowest BCUT2D eigenvalue weighted by Gasteiger charge is -2.11. The van der Waals surface area contributed by atoms with E-state index >= 15 is 0 Å². The fourth-order valence-electron chi connectivity index (χ4n) is 3.20. The summed E-state index contributed by atoms with van der Waals surface area (Å²) in [6.45, 7) is 0.269. The molecule has 0 unspecified atom stereocenters. The Morgan fingerprint density at radius 1 is 0.865 bits per heavy atom. The fourth-order valence-corrected chi connectivity index (χ4v) is 3.83. The molecule has 0 atom stereocenters. The van der Waals surface area contributed by atoms with Crippen molar-refractivity contribution in [3.05, 3.63) is 128 Å². The van der Waals surface area contributed by atoms with E-state index in [0.29, 0.717) is 32.5 Å². The van der Waals surface area contributed by atoms with Gasteiger partial charge in [0, 0.05) is 20.1 Å². The largest absolute Gasteiger partial charge is 0.488 e. The number of ether oxygens (including phenoxy) is 2. The molecule has 0 saturated carbocycles. The lowest BCUT2D eigenvalue weighted by molar-refractivity contribution is 0.0734. The Morgan fingerprint density at radius 3 is 2.27 bits per heavy atom. The van der Waals surface area contributed by atoms with Crippen LogP contribution in [-0.4, -0.2) is 18.1 Å². The van der Waals surface area contributed by atoms with E-state index in [0.717, 1.165) is 10.0 Å². The zero-order valence-electron chi connectivity index (χ0n) is 19.2. The Kier molecular flexibility index (Phi) is 8.95. The maximum atomic E-state index is 12.8. The first-order chi connectivity index (χ1) is 17.9. The van der Waals surface area contributed by atoms with Crippen LogP contribution < -0.4 is 14.9 Å². The molecule has 1 N–H and O–H groups in total. The van der Waals surface area contributed by atoms with E-state index in [1.165, 1.54) is 6.21 Å². The van der Waals surface area contributed by atoms with Crippen molar-refractivity contribution in [2.24, 2.45) is 5.10 Å². The molecule has 37 heavy (non-hydrogen) atoms. The Balaban J connectivity index is 1.44.